The van der Waals surface area contributed by atoms with Gasteiger partial charge in [0.1, 0.15) is 0 Å². The van der Waals surface area contributed by atoms with E-state index >= 15 is 0 Å². The first kappa shape index (κ1) is 13.9. The molecule has 0 atom stereocenters. The number of carbonyl (C=O) groups excluding carboxylic acids is 1. The van der Waals surface area contributed by atoms with Crippen molar-refractivity contribution in [2.24, 2.45) is 5.41 Å². The fourth-order valence-corrected chi connectivity index (χ4v) is 1.95. The van der Waals surface area contributed by atoms with Crippen molar-refractivity contribution in [2.75, 3.05) is 18.5 Å². The summed E-state index contributed by atoms with van der Waals surface area (Å²) >= 11 is 1.40. The summed E-state index contributed by atoms with van der Waals surface area (Å²) in [6, 6.07) is -0.259. The van der Waals surface area contributed by atoms with Crippen LogP contribution in [0.5, 0.6) is 0 Å². The number of rotatable bonds is 5. The quantitative estimate of drug-likeness (QED) is 0.755. The first-order valence-electron chi connectivity index (χ1n) is 5.51. The number of hydrogen-bond acceptors (Lipinski definition) is 4. The number of thiazole rings is 1. The molecule has 6 heteroatoms. The summed E-state index contributed by atoms with van der Waals surface area (Å²) in [5, 5.41) is 16.8. The highest BCUT2D eigenvalue weighted by molar-refractivity contribution is 7.13. The summed E-state index contributed by atoms with van der Waals surface area (Å²) in [5.74, 6) is 0. The minimum absolute atomic E-state index is 0.106. The Balaban J connectivity index is 2.35. The molecule has 0 aliphatic rings. The van der Waals surface area contributed by atoms with Gasteiger partial charge in [-0.3, -0.25) is 5.32 Å². The molecule has 3 N–H and O–H groups in total. The van der Waals surface area contributed by atoms with E-state index < -0.39 is 0 Å². The normalized spacial score (nSPS) is 11.3. The van der Waals surface area contributed by atoms with Gasteiger partial charge in [0.2, 0.25) is 0 Å². The van der Waals surface area contributed by atoms with Crippen molar-refractivity contribution in [1.29, 1.82) is 0 Å². The second-order valence-corrected chi connectivity index (χ2v) is 5.60. The molecule has 0 aromatic carbocycles. The molecule has 1 aromatic rings. The molecular weight excluding hydrogens is 238 g/mol. The molecule has 0 aliphatic heterocycles. The van der Waals surface area contributed by atoms with Crippen molar-refractivity contribution in [3.05, 3.63) is 11.1 Å². The van der Waals surface area contributed by atoms with E-state index in [9.17, 15) is 4.79 Å². The van der Waals surface area contributed by atoms with E-state index in [1.165, 1.54) is 11.3 Å². The van der Waals surface area contributed by atoms with E-state index in [4.69, 9.17) is 5.11 Å². The van der Waals surface area contributed by atoms with Crippen molar-refractivity contribution < 1.29 is 9.90 Å². The summed E-state index contributed by atoms with van der Waals surface area (Å²) < 4.78 is 0. The van der Waals surface area contributed by atoms with Gasteiger partial charge in [0.25, 0.3) is 0 Å². The molecule has 96 valence electrons. The first-order chi connectivity index (χ1) is 7.93. The van der Waals surface area contributed by atoms with E-state index in [1.54, 1.807) is 0 Å². The van der Waals surface area contributed by atoms with Crippen molar-refractivity contribution in [3.63, 3.8) is 0 Å². The zero-order valence-electron chi connectivity index (χ0n) is 10.4. The molecule has 0 unspecified atom stereocenters. The smallest absolute Gasteiger partial charge is 0.321 e. The minimum atomic E-state index is -0.259. The van der Waals surface area contributed by atoms with Gasteiger partial charge in [-0.05, 0) is 18.8 Å². The van der Waals surface area contributed by atoms with Crippen LogP contribution in [0.25, 0.3) is 0 Å². The van der Waals surface area contributed by atoms with E-state index in [2.05, 4.69) is 15.6 Å². The highest BCUT2D eigenvalue weighted by atomic mass is 32.1. The SMILES string of the molecule is Cc1csc(NC(=O)NCC(C)(C)CCO)n1. The summed E-state index contributed by atoms with van der Waals surface area (Å²) in [4.78, 5) is 15.7. The average molecular weight is 257 g/mol. The first-order valence-corrected chi connectivity index (χ1v) is 6.39. The number of nitrogens with zero attached hydrogens (tertiary/aromatic N) is 1. The maximum atomic E-state index is 11.6. The van der Waals surface area contributed by atoms with Gasteiger partial charge < -0.3 is 10.4 Å². The molecular formula is C11H19N3O2S. The Kier molecular flexibility index (Phi) is 4.89. The number of anilines is 1. The van der Waals surface area contributed by atoms with Crippen LogP contribution in [0.3, 0.4) is 0 Å². The van der Waals surface area contributed by atoms with Crippen LogP contribution in [0.2, 0.25) is 0 Å². The second-order valence-electron chi connectivity index (χ2n) is 4.74. The maximum Gasteiger partial charge on any atom is 0.321 e. The number of carbonyl (C=O) groups is 1. The summed E-state index contributed by atoms with van der Waals surface area (Å²) in [6.45, 7) is 6.52. The Morgan fingerprint density at radius 1 is 1.59 bits per heavy atom. The minimum Gasteiger partial charge on any atom is -0.396 e. The van der Waals surface area contributed by atoms with E-state index in [0.717, 1.165) is 5.69 Å². The molecule has 5 nitrogen and oxygen atoms in total. The monoisotopic (exact) mass is 257 g/mol. The lowest BCUT2D eigenvalue weighted by atomic mass is 9.90. The maximum absolute atomic E-state index is 11.6. The second kappa shape index (κ2) is 5.97. The third kappa shape index (κ3) is 5.14. The van der Waals surface area contributed by atoms with Crippen LogP contribution < -0.4 is 10.6 Å². The Morgan fingerprint density at radius 2 is 2.29 bits per heavy atom. The van der Waals surface area contributed by atoms with Crippen LogP contribution in [-0.2, 0) is 0 Å². The number of nitrogens with one attached hydrogen (secondary N) is 2. The van der Waals surface area contributed by atoms with Crippen LogP contribution in [0.1, 0.15) is 26.0 Å². The van der Waals surface area contributed by atoms with Crippen LogP contribution >= 0.6 is 11.3 Å². The van der Waals surface area contributed by atoms with Crippen LogP contribution in [0, 0.1) is 12.3 Å². The molecule has 1 heterocycles. The fourth-order valence-electron chi connectivity index (χ4n) is 1.26. The Labute approximate surface area is 105 Å². The predicted octanol–water partition coefficient (Wildman–Crippen LogP) is 1.98. The largest absolute Gasteiger partial charge is 0.396 e. The van der Waals surface area contributed by atoms with Gasteiger partial charge in [-0.15, -0.1) is 11.3 Å². The number of hydrogen-bond donors (Lipinski definition) is 3. The lowest BCUT2D eigenvalue weighted by molar-refractivity contribution is 0.204. The van der Waals surface area contributed by atoms with Crippen molar-refractivity contribution in [2.45, 2.75) is 27.2 Å². The molecule has 0 bridgehead atoms. The molecule has 0 radical (unpaired) electrons. The molecule has 0 fully saturated rings. The molecule has 17 heavy (non-hydrogen) atoms. The van der Waals surface area contributed by atoms with E-state index in [1.807, 2.05) is 26.2 Å². The van der Waals surface area contributed by atoms with Gasteiger partial charge >= 0.3 is 6.03 Å². The third-order valence-corrected chi connectivity index (χ3v) is 3.23. The van der Waals surface area contributed by atoms with Crippen molar-refractivity contribution in [1.82, 2.24) is 10.3 Å². The average Bonchev–Trinajstić information content (AvgIpc) is 2.61. The highest BCUT2D eigenvalue weighted by Crippen LogP contribution is 2.18. The number of aromatic nitrogens is 1. The third-order valence-electron chi connectivity index (χ3n) is 2.36. The predicted molar refractivity (Wildman–Crippen MR) is 69.4 cm³/mol. The van der Waals surface area contributed by atoms with Gasteiger partial charge in [-0.1, -0.05) is 13.8 Å². The molecule has 0 saturated carbocycles. The van der Waals surface area contributed by atoms with Crippen LogP contribution in [-0.4, -0.2) is 29.3 Å². The highest BCUT2D eigenvalue weighted by Gasteiger charge is 2.18. The molecule has 2 amide bonds. The zero-order valence-corrected chi connectivity index (χ0v) is 11.2. The number of amides is 2. The van der Waals surface area contributed by atoms with Gasteiger partial charge in [-0.2, -0.15) is 0 Å². The number of urea groups is 1. The Bertz CT molecular complexity index is 377. The topological polar surface area (TPSA) is 74.2 Å². The Morgan fingerprint density at radius 3 is 2.82 bits per heavy atom. The molecule has 1 aromatic heterocycles. The zero-order chi connectivity index (χ0) is 12.9. The van der Waals surface area contributed by atoms with Gasteiger partial charge in [-0.25, -0.2) is 9.78 Å². The molecule has 0 aliphatic carbocycles. The fraction of sp³-hybridized carbons (Fsp3) is 0.636. The summed E-state index contributed by atoms with van der Waals surface area (Å²) in [6.07, 6.45) is 0.656. The van der Waals surface area contributed by atoms with Crippen LogP contribution in [0.4, 0.5) is 9.93 Å². The lowest BCUT2D eigenvalue weighted by Gasteiger charge is -2.23. The Hall–Kier alpha value is -1.14. The van der Waals surface area contributed by atoms with Crippen molar-refractivity contribution in [3.8, 4) is 0 Å². The molecule has 0 spiro atoms. The van der Waals surface area contributed by atoms with Gasteiger partial charge in [0, 0.05) is 18.5 Å². The number of aliphatic hydroxyl groups excluding tert-OH is 1. The van der Waals surface area contributed by atoms with E-state index in [0.29, 0.717) is 18.1 Å². The van der Waals surface area contributed by atoms with Gasteiger partial charge in [0.15, 0.2) is 5.13 Å². The number of aliphatic hydroxyl groups is 1. The summed E-state index contributed by atoms with van der Waals surface area (Å²) in [5.41, 5.74) is 0.788. The summed E-state index contributed by atoms with van der Waals surface area (Å²) in [7, 11) is 0. The van der Waals surface area contributed by atoms with E-state index in [-0.39, 0.29) is 18.1 Å². The van der Waals surface area contributed by atoms with Crippen molar-refractivity contribution >= 4 is 22.5 Å². The number of aryl methyl sites for hydroxylation is 1. The molecule has 0 saturated heterocycles. The molecule has 1 rings (SSSR count). The van der Waals surface area contributed by atoms with Crippen LogP contribution in [0.15, 0.2) is 5.38 Å². The van der Waals surface area contributed by atoms with Gasteiger partial charge in [0.05, 0.1) is 5.69 Å². The standard InChI is InChI=1S/C11H19N3O2S/c1-8-6-17-10(13-8)14-9(16)12-7-11(2,3)4-5-15/h6,15H,4-5,7H2,1-3H3,(H2,12,13,14,16). The lowest BCUT2D eigenvalue weighted by Crippen LogP contribution is -2.37.